The SMILES string of the molecule is COc1ccc(-c2ccc(O)c(C(N)=O)c2)c(F)c1. The number of halogens is 1. The maximum Gasteiger partial charge on any atom is 0.252 e. The van der Waals surface area contributed by atoms with Crippen LogP contribution in [0, 0.1) is 5.82 Å². The predicted octanol–water partition coefficient (Wildman–Crippen LogP) is 2.31. The molecule has 4 nitrogen and oxygen atoms in total. The topological polar surface area (TPSA) is 72.6 Å². The van der Waals surface area contributed by atoms with Crippen molar-refractivity contribution in [3.05, 3.63) is 47.8 Å². The second kappa shape index (κ2) is 4.97. The minimum Gasteiger partial charge on any atom is -0.507 e. The molecule has 0 spiro atoms. The van der Waals surface area contributed by atoms with Gasteiger partial charge in [0.1, 0.15) is 17.3 Å². The summed E-state index contributed by atoms with van der Waals surface area (Å²) in [6, 6.07) is 8.54. The molecule has 2 aromatic carbocycles. The van der Waals surface area contributed by atoms with E-state index in [0.717, 1.165) is 0 Å². The third kappa shape index (κ3) is 2.49. The van der Waals surface area contributed by atoms with E-state index in [9.17, 15) is 14.3 Å². The predicted molar refractivity (Wildman–Crippen MR) is 68.6 cm³/mol. The second-order valence-corrected chi connectivity index (χ2v) is 3.94. The van der Waals surface area contributed by atoms with E-state index in [0.29, 0.717) is 16.9 Å². The first-order valence-corrected chi connectivity index (χ1v) is 5.49. The van der Waals surface area contributed by atoms with Crippen molar-refractivity contribution in [3.63, 3.8) is 0 Å². The van der Waals surface area contributed by atoms with Crippen LogP contribution >= 0.6 is 0 Å². The Bertz CT molecular complexity index is 641. The number of hydrogen-bond donors (Lipinski definition) is 2. The Balaban J connectivity index is 2.53. The van der Waals surface area contributed by atoms with Gasteiger partial charge in [0, 0.05) is 11.6 Å². The highest BCUT2D eigenvalue weighted by Gasteiger charge is 2.12. The fraction of sp³-hybridized carbons (Fsp3) is 0.0714. The molecule has 0 aliphatic rings. The number of carbonyl (C=O) groups excluding carboxylic acids is 1. The maximum absolute atomic E-state index is 13.9. The maximum atomic E-state index is 13.9. The van der Waals surface area contributed by atoms with Gasteiger partial charge in [0.05, 0.1) is 12.7 Å². The van der Waals surface area contributed by atoms with Gasteiger partial charge in [0.2, 0.25) is 0 Å². The Kier molecular flexibility index (Phi) is 3.37. The van der Waals surface area contributed by atoms with Crippen LogP contribution < -0.4 is 10.5 Å². The molecular weight excluding hydrogens is 249 g/mol. The van der Waals surface area contributed by atoms with Gasteiger partial charge in [-0.1, -0.05) is 6.07 Å². The summed E-state index contributed by atoms with van der Waals surface area (Å²) in [6.45, 7) is 0. The zero-order valence-corrected chi connectivity index (χ0v) is 10.2. The van der Waals surface area contributed by atoms with E-state index in [1.807, 2.05) is 0 Å². The minimum atomic E-state index is -0.770. The van der Waals surface area contributed by atoms with E-state index in [-0.39, 0.29) is 11.3 Å². The molecule has 0 saturated carbocycles. The van der Waals surface area contributed by atoms with Gasteiger partial charge in [-0.05, 0) is 29.8 Å². The molecule has 0 saturated heterocycles. The summed E-state index contributed by atoms with van der Waals surface area (Å²) in [4.78, 5) is 11.1. The molecule has 3 N–H and O–H groups in total. The van der Waals surface area contributed by atoms with Gasteiger partial charge >= 0.3 is 0 Å². The van der Waals surface area contributed by atoms with Crippen LogP contribution in [0.2, 0.25) is 0 Å². The van der Waals surface area contributed by atoms with Crippen LogP contribution in [0.5, 0.6) is 11.5 Å². The Morgan fingerprint density at radius 2 is 2.00 bits per heavy atom. The van der Waals surface area contributed by atoms with Crippen LogP contribution in [-0.4, -0.2) is 18.1 Å². The molecule has 0 unspecified atom stereocenters. The molecule has 0 bridgehead atoms. The van der Waals surface area contributed by atoms with Crippen molar-refractivity contribution in [2.45, 2.75) is 0 Å². The largest absolute Gasteiger partial charge is 0.507 e. The molecule has 0 heterocycles. The zero-order valence-electron chi connectivity index (χ0n) is 10.2. The number of hydrogen-bond acceptors (Lipinski definition) is 3. The van der Waals surface area contributed by atoms with Crippen molar-refractivity contribution in [1.82, 2.24) is 0 Å². The van der Waals surface area contributed by atoms with Crippen LogP contribution in [-0.2, 0) is 0 Å². The van der Waals surface area contributed by atoms with Crippen LogP contribution in [0.1, 0.15) is 10.4 Å². The average Bonchev–Trinajstić information content (AvgIpc) is 2.39. The lowest BCUT2D eigenvalue weighted by atomic mass is 10.0. The van der Waals surface area contributed by atoms with E-state index < -0.39 is 11.7 Å². The summed E-state index contributed by atoms with van der Waals surface area (Å²) in [5.41, 5.74) is 5.83. The van der Waals surface area contributed by atoms with Crippen molar-refractivity contribution in [3.8, 4) is 22.6 Å². The van der Waals surface area contributed by atoms with Crippen molar-refractivity contribution >= 4 is 5.91 Å². The van der Waals surface area contributed by atoms with Crippen molar-refractivity contribution < 1.29 is 19.0 Å². The molecule has 0 radical (unpaired) electrons. The van der Waals surface area contributed by atoms with Gasteiger partial charge < -0.3 is 15.6 Å². The van der Waals surface area contributed by atoms with E-state index >= 15 is 0 Å². The fourth-order valence-electron chi connectivity index (χ4n) is 1.76. The monoisotopic (exact) mass is 261 g/mol. The standard InChI is InChI=1S/C14H12FNO3/c1-19-9-3-4-10(12(15)7-9)8-2-5-13(17)11(6-8)14(16)18/h2-7,17H,1H3,(H2,16,18). The lowest BCUT2D eigenvalue weighted by Gasteiger charge is -2.08. The summed E-state index contributed by atoms with van der Waals surface area (Å²) >= 11 is 0. The van der Waals surface area contributed by atoms with E-state index in [1.165, 1.54) is 37.4 Å². The van der Waals surface area contributed by atoms with E-state index in [2.05, 4.69) is 0 Å². The average molecular weight is 261 g/mol. The van der Waals surface area contributed by atoms with Crippen LogP contribution in [0.4, 0.5) is 4.39 Å². The number of aromatic hydroxyl groups is 1. The first kappa shape index (κ1) is 12.9. The Labute approximate surface area is 109 Å². The molecule has 0 aromatic heterocycles. The molecule has 19 heavy (non-hydrogen) atoms. The fourth-order valence-corrected chi connectivity index (χ4v) is 1.76. The number of phenols is 1. The molecular formula is C14H12FNO3. The van der Waals surface area contributed by atoms with Gasteiger partial charge in [-0.25, -0.2) is 4.39 Å². The summed E-state index contributed by atoms with van der Waals surface area (Å²) in [6.07, 6.45) is 0. The molecule has 5 heteroatoms. The zero-order chi connectivity index (χ0) is 14.0. The molecule has 2 rings (SSSR count). The van der Waals surface area contributed by atoms with Gasteiger partial charge in [-0.15, -0.1) is 0 Å². The lowest BCUT2D eigenvalue weighted by Crippen LogP contribution is -2.11. The summed E-state index contributed by atoms with van der Waals surface area (Å²) in [5, 5.41) is 9.49. The molecule has 98 valence electrons. The first-order chi connectivity index (χ1) is 9.02. The van der Waals surface area contributed by atoms with E-state index in [4.69, 9.17) is 10.5 Å². The molecule has 0 aliphatic carbocycles. The summed E-state index contributed by atoms with van der Waals surface area (Å²) < 4.78 is 18.8. The van der Waals surface area contributed by atoms with Crippen molar-refractivity contribution in [2.24, 2.45) is 5.73 Å². The number of methoxy groups -OCH3 is 1. The van der Waals surface area contributed by atoms with Gasteiger partial charge in [-0.2, -0.15) is 0 Å². The Morgan fingerprint density at radius 1 is 1.26 bits per heavy atom. The molecule has 0 aliphatic heterocycles. The van der Waals surface area contributed by atoms with E-state index in [1.54, 1.807) is 6.07 Å². The molecule has 1 amide bonds. The second-order valence-electron chi connectivity index (χ2n) is 3.94. The third-order valence-corrected chi connectivity index (χ3v) is 2.75. The molecule has 0 atom stereocenters. The number of ether oxygens (including phenoxy) is 1. The van der Waals surface area contributed by atoms with Gasteiger partial charge in [0.25, 0.3) is 5.91 Å². The smallest absolute Gasteiger partial charge is 0.252 e. The van der Waals surface area contributed by atoms with Gasteiger partial charge in [-0.3, -0.25) is 4.79 Å². The van der Waals surface area contributed by atoms with Crippen molar-refractivity contribution in [1.29, 1.82) is 0 Å². The number of benzene rings is 2. The highest BCUT2D eigenvalue weighted by molar-refractivity contribution is 5.96. The number of amides is 1. The normalized spacial score (nSPS) is 10.2. The quantitative estimate of drug-likeness (QED) is 0.890. The Hall–Kier alpha value is -2.56. The number of carbonyl (C=O) groups is 1. The highest BCUT2D eigenvalue weighted by atomic mass is 19.1. The number of primary amides is 1. The van der Waals surface area contributed by atoms with Crippen LogP contribution in [0.15, 0.2) is 36.4 Å². The van der Waals surface area contributed by atoms with Crippen LogP contribution in [0.25, 0.3) is 11.1 Å². The molecule has 0 fully saturated rings. The first-order valence-electron chi connectivity index (χ1n) is 5.49. The highest BCUT2D eigenvalue weighted by Crippen LogP contribution is 2.29. The summed E-state index contributed by atoms with van der Waals surface area (Å²) in [7, 11) is 1.44. The number of nitrogens with two attached hydrogens (primary N) is 1. The summed E-state index contributed by atoms with van der Waals surface area (Å²) in [5.74, 6) is -1.09. The van der Waals surface area contributed by atoms with Crippen molar-refractivity contribution in [2.75, 3.05) is 7.11 Å². The Morgan fingerprint density at radius 3 is 2.58 bits per heavy atom. The lowest BCUT2D eigenvalue weighted by molar-refractivity contribution is 0.0998. The number of rotatable bonds is 3. The third-order valence-electron chi connectivity index (χ3n) is 2.75. The molecule has 2 aromatic rings. The minimum absolute atomic E-state index is 0.0484. The van der Waals surface area contributed by atoms with Gasteiger partial charge in [0.15, 0.2) is 0 Å². The van der Waals surface area contributed by atoms with Crippen LogP contribution in [0.3, 0.4) is 0 Å².